The van der Waals surface area contributed by atoms with E-state index in [0.29, 0.717) is 31.4 Å². The van der Waals surface area contributed by atoms with Gasteiger partial charge in [-0.15, -0.1) is 24.0 Å². The standard InChI is InChI=1S/C21H31FN4O.HI/c1-16-5-4-12-26(14-16)19(27)8-11-24-20(23-2)25-15-21(9-10-21)17-6-3-7-18(22)13-17;/h3,6-7,13,16H,4-5,8-12,14-15H2,1-2H3,(H2,23,24,25);1H. The van der Waals surface area contributed by atoms with Crippen molar-refractivity contribution < 1.29 is 9.18 Å². The van der Waals surface area contributed by atoms with Crippen molar-refractivity contribution in [3.63, 3.8) is 0 Å². The molecule has 5 nitrogen and oxygen atoms in total. The molecule has 7 heteroatoms. The maximum absolute atomic E-state index is 13.5. The Kier molecular flexibility index (Phi) is 8.52. The van der Waals surface area contributed by atoms with Crippen LogP contribution in [0.5, 0.6) is 0 Å². The molecule has 0 spiro atoms. The van der Waals surface area contributed by atoms with E-state index in [4.69, 9.17) is 0 Å². The molecule has 1 aromatic carbocycles. The highest BCUT2D eigenvalue weighted by Gasteiger charge is 2.44. The fourth-order valence-corrected chi connectivity index (χ4v) is 3.87. The van der Waals surface area contributed by atoms with Gasteiger partial charge >= 0.3 is 0 Å². The second-order valence-electron chi connectivity index (χ2n) is 7.98. The van der Waals surface area contributed by atoms with E-state index in [1.165, 1.54) is 12.5 Å². The van der Waals surface area contributed by atoms with Crippen LogP contribution in [0, 0.1) is 11.7 Å². The molecule has 1 aliphatic carbocycles. The molecule has 2 N–H and O–H groups in total. The summed E-state index contributed by atoms with van der Waals surface area (Å²) in [5.41, 5.74) is 1.04. The summed E-state index contributed by atoms with van der Waals surface area (Å²) in [4.78, 5) is 18.6. The highest BCUT2D eigenvalue weighted by molar-refractivity contribution is 14.0. The predicted octanol–water partition coefficient (Wildman–Crippen LogP) is 3.29. The van der Waals surface area contributed by atoms with Crippen LogP contribution < -0.4 is 10.6 Å². The number of benzene rings is 1. The molecular weight excluding hydrogens is 470 g/mol. The monoisotopic (exact) mass is 502 g/mol. The van der Waals surface area contributed by atoms with Crippen LogP contribution in [0.15, 0.2) is 29.3 Å². The molecule has 1 aromatic rings. The number of amides is 1. The zero-order chi connectivity index (χ0) is 19.3. The Hall–Kier alpha value is -1.38. The van der Waals surface area contributed by atoms with Crippen LogP contribution in [0.25, 0.3) is 0 Å². The van der Waals surface area contributed by atoms with Gasteiger partial charge in [0.05, 0.1) is 0 Å². The molecule has 28 heavy (non-hydrogen) atoms. The van der Waals surface area contributed by atoms with Crippen molar-refractivity contribution in [3.05, 3.63) is 35.6 Å². The lowest BCUT2D eigenvalue weighted by molar-refractivity contribution is -0.132. The lowest BCUT2D eigenvalue weighted by Gasteiger charge is -2.31. The molecule has 1 atom stereocenters. The molecule has 1 saturated carbocycles. The average molecular weight is 502 g/mol. The van der Waals surface area contributed by atoms with E-state index in [1.54, 1.807) is 19.2 Å². The molecular formula is C21H32FIN4O. The van der Waals surface area contributed by atoms with Crippen LogP contribution in [0.2, 0.25) is 0 Å². The zero-order valence-corrected chi connectivity index (χ0v) is 19.2. The minimum absolute atomic E-state index is 0. The van der Waals surface area contributed by atoms with Gasteiger partial charge in [-0.25, -0.2) is 4.39 Å². The molecule has 0 radical (unpaired) electrons. The lowest BCUT2D eigenvalue weighted by atomic mass is 9.96. The largest absolute Gasteiger partial charge is 0.356 e. The van der Waals surface area contributed by atoms with E-state index in [9.17, 15) is 9.18 Å². The van der Waals surface area contributed by atoms with E-state index in [1.807, 2.05) is 11.0 Å². The lowest BCUT2D eigenvalue weighted by Crippen LogP contribution is -2.44. The van der Waals surface area contributed by atoms with Gasteiger partial charge in [0, 0.05) is 45.1 Å². The maximum Gasteiger partial charge on any atom is 0.224 e. The number of halogens is 2. The van der Waals surface area contributed by atoms with Gasteiger partial charge in [0.25, 0.3) is 0 Å². The zero-order valence-electron chi connectivity index (χ0n) is 16.8. The van der Waals surface area contributed by atoms with Gasteiger partial charge in [-0.3, -0.25) is 9.79 Å². The first kappa shape index (κ1) is 22.9. The van der Waals surface area contributed by atoms with Crippen molar-refractivity contribution >= 4 is 35.8 Å². The van der Waals surface area contributed by atoms with Gasteiger partial charge in [-0.05, 0) is 49.3 Å². The molecule has 1 aliphatic heterocycles. The summed E-state index contributed by atoms with van der Waals surface area (Å²) in [6.07, 6.45) is 4.89. The normalized spacial score (nSPS) is 20.9. The number of rotatable bonds is 6. The molecule has 2 aliphatic rings. The second-order valence-corrected chi connectivity index (χ2v) is 7.98. The Morgan fingerprint density at radius 3 is 2.79 bits per heavy atom. The third-order valence-corrected chi connectivity index (χ3v) is 5.75. The fraction of sp³-hybridized carbons (Fsp3) is 0.619. The molecule has 1 unspecified atom stereocenters. The van der Waals surface area contributed by atoms with Crippen LogP contribution in [-0.4, -0.2) is 50.0 Å². The Bertz CT molecular complexity index is 693. The SMILES string of the molecule is CN=C(NCCC(=O)N1CCCC(C)C1)NCC1(c2cccc(F)c2)CC1.I. The van der Waals surface area contributed by atoms with E-state index < -0.39 is 0 Å². The molecule has 156 valence electrons. The van der Waals surface area contributed by atoms with Crippen LogP contribution in [0.1, 0.15) is 44.6 Å². The third-order valence-electron chi connectivity index (χ3n) is 5.75. The topological polar surface area (TPSA) is 56.7 Å². The highest BCUT2D eigenvalue weighted by Crippen LogP contribution is 2.47. The molecule has 1 heterocycles. The summed E-state index contributed by atoms with van der Waals surface area (Å²) in [6, 6.07) is 6.87. The summed E-state index contributed by atoms with van der Waals surface area (Å²) >= 11 is 0. The van der Waals surface area contributed by atoms with Crippen LogP contribution in [-0.2, 0) is 10.2 Å². The smallest absolute Gasteiger partial charge is 0.224 e. The Labute approximate surface area is 184 Å². The van der Waals surface area contributed by atoms with Crippen molar-refractivity contribution in [2.45, 2.75) is 44.4 Å². The molecule has 3 rings (SSSR count). The van der Waals surface area contributed by atoms with Gasteiger partial charge in [0.2, 0.25) is 5.91 Å². The second kappa shape index (κ2) is 10.4. The van der Waals surface area contributed by atoms with E-state index in [-0.39, 0.29) is 41.1 Å². The number of piperidine rings is 1. The van der Waals surface area contributed by atoms with Crippen molar-refractivity contribution in [1.29, 1.82) is 0 Å². The molecule has 0 bridgehead atoms. The number of guanidine groups is 1. The summed E-state index contributed by atoms with van der Waals surface area (Å²) in [6.45, 7) is 5.24. The molecule has 0 aromatic heterocycles. The summed E-state index contributed by atoms with van der Waals surface area (Å²) < 4.78 is 13.5. The van der Waals surface area contributed by atoms with Crippen LogP contribution in [0.4, 0.5) is 4.39 Å². The first-order valence-corrected chi connectivity index (χ1v) is 10.0. The quantitative estimate of drug-likeness (QED) is 0.357. The third kappa shape index (κ3) is 6.06. The number of likely N-dealkylation sites (tertiary alicyclic amines) is 1. The van der Waals surface area contributed by atoms with E-state index in [0.717, 1.165) is 37.9 Å². The van der Waals surface area contributed by atoms with Gasteiger partial charge in [-0.2, -0.15) is 0 Å². The van der Waals surface area contributed by atoms with Crippen molar-refractivity contribution in [2.75, 3.05) is 33.2 Å². The number of carbonyl (C=O) groups excluding carboxylic acids is 1. The van der Waals surface area contributed by atoms with E-state index in [2.05, 4.69) is 22.5 Å². The first-order chi connectivity index (χ1) is 13.0. The molecule has 2 fully saturated rings. The Morgan fingerprint density at radius 1 is 1.36 bits per heavy atom. The van der Waals surface area contributed by atoms with Crippen molar-refractivity contribution in [2.24, 2.45) is 10.9 Å². The predicted molar refractivity (Wildman–Crippen MR) is 122 cm³/mol. The van der Waals surface area contributed by atoms with Gasteiger partial charge in [0.1, 0.15) is 5.82 Å². The number of carbonyl (C=O) groups is 1. The average Bonchev–Trinajstić information content (AvgIpc) is 3.45. The first-order valence-electron chi connectivity index (χ1n) is 10.0. The molecule has 1 saturated heterocycles. The fourth-order valence-electron chi connectivity index (χ4n) is 3.87. The summed E-state index contributed by atoms with van der Waals surface area (Å²) in [7, 11) is 1.73. The van der Waals surface area contributed by atoms with Crippen LogP contribution >= 0.6 is 24.0 Å². The summed E-state index contributed by atoms with van der Waals surface area (Å²) in [5, 5.41) is 6.57. The van der Waals surface area contributed by atoms with Crippen LogP contribution in [0.3, 0.4) is 0 Å². The number of hydrogen-bond donors (Lipinski definition) is 2. The van der Waals surface area contributed by atoms with Crippen molar-refractivity contribution in [1.82, 2.24) is 15.5 Å². The highest BCUT2D eigenvalue weighted by atomic mass is 127. The number of nitrogens with zero attached hydrogens (tertiary/aromatic N) is 2. The number of hydrogen-bond acceptors (Lipinski definition) is 2. The van der Waals surface area contributed by atoms with E-state index >= 15 is 0 Å². The van der Waals surface area contributed by atoms with Gasteiger partial charge in [-0.1, -0.05) is 19.1 Å². The van der Waals surface area contributed by atoms with Gasteiger partial charge < -0.3 is 15.5 Å². The van der Waals surface area contributed by atoms with Gasteiger partial charge in [0.15, 0.2) is 5.96 Å². The minimum Gasteiger partial charge on any atom is -0.356 e. The van der Waals surface area contributed by atoms with Crippen molar-refractivity contribution in [3.8, 4) is 0 Å². The number of nitrogens with one attached hydrogen (secondary N) is 2. The minimum atomic E-state index is -0.188. The Balaban J connectivity index is 0.00000280. The molecule has 1 amide bonds. The Morgan fingerprint density at radius 2 is 2.14 bits per heavy atom. The number of aliphatic imine (C=N–C) groups is 1. The maximum atomic E-state index is 13.5. The summed E-state index contributed by atoms with van der Waals surface area (Å²) in [5.74, 6) is 1.31.